The lowest BCUT2D eigenvalue weighted by Crippen LogP contribution is -2.17. The molecule has 0 fully saturated rings. The first kappa shape index (κ1) is 19.4. The minimum atomic E-state index is -4.01. The Balaban J connectivity index is 1.62. The van der Waals surface area contributed by atoms with Crippen molar-refractivity contribution < 1.29 is 13.2 Å². The van der Waals surface area contributed by atoms with E-state index in [1.807, 2.05) is 24.3 Å². The fourth-order valence-electron chi connectivity index (χ4n) is 3.31. The number of allylic oxidation sites excluding steroid dienone is 2. The van der Waals surface area contributed by atoms with Crippen molar-refractivity contribution in [3.05, 3.63) is 95.2 Å². The quantitative estimate of drug-likeness (QED) is 0.508. The van der Waals surface area contributed by atoms with Crippen LogP contribution in [0.15, 0.2) is 98.5 Å². The Kier molecular flexibility index (Phi) is 4.76. The highest BCUT2D eigenvalue weighted by molar-refractivity contribution is 8.04. The number of carbonyl (C=O) groups excluding carboxylic acids is 1. The van der Waals surface area contributed by atoms with Gasteiger partial charge in [0.25, 0.3) is 10.0 Å². The lowest BCUT2D eigenvalue weighted by atomic mass is 9.94. The molecule has 7 nitrogen and oxygen atoms in total. The number of nitrogens with zero attached hydrogens (tertiary/aromatic N) is 3. The second kappa shape index (κ2) is 7.60. The summed E-state index contributed by atoms with van der Waals surface area (Å²) < 4.78 is 30.3. The summed E-state index contributed by atoms with van der Waals surface area (Å²) in [6, 6.07) is 19.2. The molecule has 0 saturated carbocycles. The van der Waals surface area contributed by atoms with E-state index in [0.29, 0.717) is 21.2 Å². The van der Waals surface area contributed by atoms with Crippen LogP contribution in [0, 0.1) is 0 Å². The highest BCUT2D eigenvalue weighted by Gasteiger charge is 2.27. The van der Waals surface area contributed by atoms with Gasteiger partial charge in [-0.25, -0.2) is 4.98 Å². The highest BCUT2D eigenvalue weighted by Crippen LogP contribution is 2.32. The molecule has 5 rings (SSSR count). The molecule has 0 atom stereocenters. The van der Waals surface area contributed by atoms with Crippen LogP contribution in [-0.4, -0.2) is 35.1 Å². The predicted molar refractivity (Wildman–Crippen MR) is 119 cm³/mol. The number of Topliss-reactive ketones (excluding diaryl/α,β-unsaturated/α-hetero) is 1. The fourth-order valence-corrected chi connectivity index (χ4v) is 5.12. The van der Waals surface area contributed by atoms with Crippen LogP contribution in [0.3, 0.4) is 0 Å². The molecule has 9 heteroatoms. The second-order valence-corrected chi connectivity index (χ2v) is 9.37. The number of thioether (sulfide) groups is 1. The summed E-state index contributed by atoms with van der Waals surface area (Å²) in [6.45, 7) is 0. The van der Waals surface area contributed by atoms with E-state index in [1.54, 1.807) is 36.4 Å². The van der Waals surface area contributed by atoms with Crippen molar-refractivity contribution in [1.29, 1.82) is 0 Å². The summed E-state index contributed by atoms with van der Waals surface area (Å²) in [5.74, 6) is -0.223. The normalized spacial score (nSPS) is 15.2. The van der Waals surface area contributed by atoms with Crippen LogP contribution in [0.4, 0.5) is 0 Å². The molecule has 0 amide bonds. The maximum Gasteiger partial charge on any atom is 0.282 e. The molecule has 3 aromatic carbocycles. The Bertz CT molecular complexity index is 1490. The van der Waals surface area contributed by atoms with E-state index in [9.17, 15) is 13.2 Å². The number of fused-ring (bicyclic) bond motifs is 2. The van der Waals surface area contributed by atoms with Crippen molar-refractivity contribution in [2.24, 2.45) is 4.40 Å². The SMILES string of the molecule is O=C1C(Sc2ncn[nH]2)=CC(=NS(=O)(=O)c2ccc3ccccc3c2)c2ccccc21. The van der Waals surface area contributed by atoms with E-state index in [1.165, 1.54) is 18.5 Å². The van der Waals surface area contributed by atoms with Crippen molar-refractivity contribution in [1.82, 2.24) is 15.2 Å². The topological polar surface area (TPSA) is 105 Å². The second-order valence-electron chi connectivity index (χ2n) is 6.74. The standard InChI is InChI=1S/C22H14N4O3S2/c27-21-18-8-4-3-7-17(18)19(12-20(21)30-22-23-13-24-25-22)26-31(28,29)16-10-9-14-5-1-2-6-15(14)11-16/h1-13H,(H,23,24,25). The zero-order valence-corrected chi connectivity index (χ0v) is 17.5. The number of sulfonamides is 1. The smallest absolute Gasteiger partial charge is 0.282 e. The molecule has 0 bridgehead atoms. The van der Waals surface area contributed by atoms with Crippen molar-refractivity contribution in [3.8, 4) is 0 Å². The third-order valence-corrected chi connectivity index (χ3v) is 6.98. The van der Waals surface area contributed by atoms with E-state index in [0.717, 1.165) is 22.5 Å². The molecule has 1 aliphatic carbocycles. The molecule has 31 heavy (non-hydrogen) atoms. The maximum absolute atomic E-state index is 13.1. The molecule has 0 radical (unpaired) electrons. The fraction of sp³-hybridized carbons (Fsp3) is 0. The van der Waals surface area contributed by atoms with E-state index in [4.69, 9.17) is 0 Å². The average Bonchev–Trinajstić information content (AvgIpc) is 3.29. The van der Waals surface area contributed by atoms with Gasteiger partial charge in [-0.3, -0.25) is 9.89 Å². The molecule has 0 unspecified atom stereocenters. The third kappa shape index (κ3) is 3.69. The summed E-state index contributed by atoms with van der Waals surface area (Å²) in [6.07, 6.45) is 2.82. The minimum Gasteiger partial charge on any atom is -0.288 e. The Morgan fingerprint density at radius 2 is 1.65 bits per heavy atom. The van der Waals surface area contributed by atoms with Crippen LogP contribution in [0.5, 0.6) is 0 Å². The van der Waals surface area contributed by atoms with E-state index in [2.05, 4.69) is 19.6 Å². The molecule has 1 N–H and O–H groups in total. The molecular weight excluding hydrogens is 432 g/mol. The zero-order valence-electron chi connectivity index (χ0n) is 15.9. The molecule has 1 aliphatic rings. The van der Waals surface area contributed by atoms with Crippen LogP contribution in [-0.2, 0) is 10.0 Å². The largest absolute Gasteiger partial charge is 0.288 e. The molecule has 4 aromatic rings. The Labute approximate surface area is 182 Å². The third-order valence-electron chi connectivity index (χ3n) is 4.78. The van der Waals surface area contributed by atoms with E-state index < -0.39 is 10.0 Å². The van der Waals surface area contributed by atoms with Gasteiger partial charge in [0.1, 0.15) is 6.33 Å². The predicted octanol–water partition coefficient (Wildman–Crippen LogP) is 4.01. The number of H-pyrrole nitrogens is 1. The van der Waals surface area contributed by atoms with E-state index in [-0.39, 0.29) is 16.4 Å². The van der Waals surface area contributed by atoms with Gasteiger partial charge in [-0.2, -0.15) is 17.9 Å². The molecule has 0 aliphatic heterocycles. The van der Waals surface area contributed by atoms with Crippen molar-refractivity contribution in [2.45, 2.75) is 10.1 Å². The number of aromatic amines is 1. The van der Waals surface area contributed by atoms with Gasteiger partial charge in [0.05, 0.1) is 15.5 Å². The maximum atomic E-state index is 13.1. The summed E-state index contributed by atoms with van der Waals surface area (Å²) in [5, 5.41) is 8.63. The first-order valence-corrected chi connectivity index (χ1v) is 11.5. The Morgan fingerprint density at radius 3 is 2.42 bits per heavy atom. The summed E-state index contributed by atoms with van der Waals surface area (Å²) in [7, 11) is -4.01. The number of aromatic nitrogens is 3. The van der Waals surface area contributed by atoms with Gasteiger partial charge >= 0.3 is 0 Å². The molecule has 0 saturated heterocycles. The molecular formula is C22H14N4O3S2. The first-order chi connectivity index (χ1) is 15.0. The average molecular weight is 447 g/mol. The zero-order chi connectivity index (χ0) is 21.4. The molecule has 0 spiro atoms. The number of hydrogen-bond acceptors (Lipinski definition) is 6. The van der Waals surface area contributed by atoms with Crippen LogP contribution >= 0.6 is 11.8 Å². The van der Waals surface area contributed by atoms with Crippen molar-refractivity contribution in [2.75, 3.05) is 0 Å². The van der Waals surface area contributed by atoms with Crippen LogP contribution < -0.4 is 0 Å². The summed E-state index contributed by atoms with van der Waals surface area (Å²) >= 11 is 1.08. The number of rotatable bonds is 4. The van der Waals surface area contributed by atoms with Crippen LogP contribution in [0.25, 0.3) is 10.8 Å². The van der Waals surface area contributed by atoms with Gasteiger partial charge in [-0.15, -0.1) is 0 Å². The van der Waals surface area contributed by atoms with Gasteiger partial charge in [0.15, 0.2) is 5.16 Å². The monoisotopic (exact) mass is 446 g/mol. The van der Waals surface area contributed by atoms with Crippen LogP contribution in [0.2, 0.25) is 0 Å². The van der Waals surface area contributed by atoms with Gasteiger partial charge in [0, 0.05) is 11.1 Å². The minimum absolute atomic E-state index is 0.0888. The molecule has 1 heterocycles. The van der Waals surface area contributed by atoms with Gasteiger partial charge < -0.3 is 0 Å². The summed E-state index contributed by atoms with van der Waals surface area (Å²) in [4.78, 5) is 17.3. The molecule has 152 valence electrons. The Morgan fingerprint density at radius 1 is 0.903 bits per heavy atom. The molecule has 1 aromatic heterocycles. The van der Waals surface area contributed by atoms with Crippen LogP contribution in [0.1, 0.15) is 15.9 Å². The van der Waals surface area contributed by atoms with Gasteiger partial charge in [0.2, 0.25) is 5.78 Å². The number of benzene rings is 3. The lowest BCUT2D eigenvalue weighted by molar-refractivity contribution is 0.104. The number of nitrogens with one attached hydrogen (secondary N) is 1. The highest BCUT2D eigenvalue weighted by atomic mass is 32.2. The van der Waals surface area contributed by atoms with Crippen molar-refractivity contribution >= 4 is 44.1 Å². The van der Waals surface area contributed by atoms with Gasteiger partial charge in [-0.1, -0.05) is 54.6 Å². The number of hydrogen-bond donors (Lipinski definition) is 1. The number of ketones is 1. The summed E-state index contributed by atoms with van der Waals surface area (Å²) in [5.41, 5.74) is 1.06. The lowest BCUT2D eigenvalue weighted by Gasteiger charge is -2.16. The Hall–Kier alpha value is -3.56. The number of carbonyl (C=O) groups is 1. The first-order valence-electron chi connectivity index (χ1n) is 9.24. The van der Waals surface area contributed by atoms with E-state index >= 15 is 0 Å². The van der Waals surface area contributed by atoms with Crippen molar-refractivity contribution in [3.63, 3.8) is 0 Å². The van der Waals surface area contributed by atoms with Gasteiger partial charge in [-0.05, 0) is 40.7 Å².